The molecule has 0 radical (unpaired) electrons. The Balaban J connectivity index is 1.73. The third-order valence-corrected chi connectivity index (χ3v) is 5.30. The van der Waals surface area contributed by atoms with Gasteiger partial charge in [-0.25, -0.2) is 14.4 Å². The normalized spacial score (nSPS) is 12.0. The molecule has 1 heterocycles. The van der Waals surface area contributed by atoms with Gasteiger partial charge < -0.3 is 14.2 Å². The molecule has 2 rings (SSSR count). The third kappa shape index (κ3) is 9.94. The second-order valence-corrected chi connectivity index (χ2v) is 8.11. The fraction of sp³-hybridized carbons (Fsp3) is 0.615. The van der Waals surface area contributed by atoms with E-state index in [1.165, 1.54) is 44.6 Å². The van der Waals surface area contributed by atoms with E-state index in [4.69, 9.17) is 14.2 Å². The second kappa shape index (κ2) is 15.6. The lowest BCUT2D eigenvalue weighted by atomic mass is 10.1. The average molecular weight is 447 g/mol. The Morgan fingerprint density at radius 2 is 1.56 bits per heavy atom. The molecule has 1 unspecified atom stereocenters. The quantitative estimate of drug-likeness (QED) is 0.245. The molecule has 2 aromatic rings. The minimum Gasteiger partial charge on any atom is -0.491 e. The molecule has 0 aliphatic carbocycles. The molecular weight excluding hydrogens is 407 g/mol. The van der Waals surface area contributed by atoms with Crippen molar-refractivity contribution in [1.29, 1.82) is 0 Å². The molecule has 0 amide bonds. The minimum absolute atomic E-state index is 0.190. The smallest absolute Gasteiger partial charge is 0.165 e. The summed E-state index contributed by atoms with van der Waals surface area (Å²) in [5.41, 5.74) is 0.610. The predicted molar refractivity (Wildman–Crippen MR) is 127 cm³/mol. The van der Waals surface area contributed by atoms with Crippen LogP contribution in [0.2, 0.25) is 0 Å². The Morgan fingerprint density at radius 3 is 2.25 bits per heavy atom. The lowest BCUT2D eigenvalue weighted by Gasteiger charge is -2.12. The molecule has 0 spiro atoms. The molecule has 178 valence electrons. The molecular formula is C26H39FN2O3. The van der Waals surface area contributed by atoms with Crippen LogP contribution in [0.15, 0.2) is 30.6 Å². The molecule has 0 aliphatic heterocycles. The second-order valence-electron chi connectivity index (χ2n) is 8.11. The molecule has 0 aliphatic rings. The monoisotopic (exact) mass is 446 g/mol. The molecule has 0 saturated carbocycles. The highest BCUT2D eigenvalue weighted by Crippen LogP contribution is 2.24. The van der Waals surface area contributed by atoms with Crippen molar-refractivity contribution in [2.75, 3.05) is 19.8 Å². The van der Waals surface area contributed by atoms with Crippen molar-refractivity contribution < 1.29 is 18.6 Å². The first kappa shape index (κ1) is 26.0. The average Bonchev–Trinajstić information content (AvgIpc) is 2.80. The highest BCUT2D eigenvalue weighted by Gasteiger charge is 2.09. The predicted octanol–water partition coefficient (Wildman–Crippen LogP) is 7.00. The van der Waals surface area contributed by atoms with Crippen LogP contribution < -0.4 is 9.47 Å². The van der Waals surface area contributed by atoms with Crippen molar-refractivity contribution in [3.8, 4) is 22.9 Å². The number of hydrogen-bond donors (Lipinski definition) is 0. The van der Waals surface area contributed by atoms with E-state index < -0.39 is 5.82 Å². The van der Waals surface area contributed by atoms with Gasteiger partial charge in [0.2, 0.25) is 0 Å². The van der Waals surface area contributed by atoms with Gasteiger partial charge in [0.15, 0.2) is 23.1 Å². The van der Waals surface area contributed by atoms with Crippen LogP contribution in [0.1, 0.15) is 78.6 Å². The van der Waals surface area contributed by atoms with Crippen LogP contribution >= 0.6 is 0 Å². The fourth-order valence-corrected chi connectivity index (χ4v) is 3.47. The molecule has 1 aromatic heterocycles. The summed E-state index contributed by atoms with van der Waals surface area (Å²) in [6.45, 7) is 8.06. The maximum absolute atomic E-state index is 14.4. The Hall–Kier alpha value is -2.21. The number of rotatable bonds is 17. The van der Waals surface area contributed by atoms with Crippen LogP contribution in [0.5, 0.6) is 11.5 Å². The zero-order valence-electron chi connectivity index (χ0n) is 19.9. The van der Waals surface area contributed by atoms with Gasteiger partial charge in [0.1, 0.15) is 0 Å². The number of halogens is 1. The summed E-state index contributed by atoms with van der Waals surface area (Å²) in [5.74, 6) is 0.932. The van der Waals surface area contributed by atoms with Crippen LogP contribution in [0.3, 0.4) is 0 Å². The number of benzene rings is 1. The van der Waals surface area contributed by atoms with Gasteiger partial charge in [-0.3, -0.25) is 0 Å². The van der Waals surface area contributed by atoms with Crippen LogP contribution in [-0.4, -0.2) is 35.9 Å². The van der Waals surface area contributed by atoms with Crippen molar-refractivity contribution in [3.05, 3.63) is 36.4 Å². The largest absolute Gasteiger partial charge is 0.491 e. The topological polar surface area (TPSA) is 53.5 Å². The Morgan fingerprint density at radius 1 is 0.875 bits per heavy atom. The SMILES string of the molecule is CCCCCCCCCOc1cnc(-c2ccc(OCCCC(C)OCC)c(F)c2)nc1. The molecule has 32 heavy (non-hydrogen) atoms. The first-order valence-electron chi connectivity index (χ1n) is 12.1. The molecule has 6 heteroatoms. The highest BCUT2D eigenvalue weighted by molar-refractivity contribution is 5.56. The lowest BCUT2D eigenvalue weighted by Crippen LogP contribution is -2.10. The van der Waals surface area contributed by atoms with Crippen molar-refractivity contribution in [2.24, 2.45) is 0 Å². The maximum atomic E-state index is 14.4. The summed E-state index contributed by atoms with van der Waals surface area (Å²) >= 11 is 0. The number of unbranched alkanes of at least 4 members (excludes halogenated alkanes) is 6. The van der Waals surface area contributed by atoms with Gasteiger partial charge in [-0.15, -0.1) is 0 Å². The Kier molecular flexibility index (Phi) is 12.7. The van der Waals surface area contributed by atoms with E-state index in [9.17, 15) is 4.39 Å². The molecule has 0 bridgehead atoms. The molecule has 1 aromatic carbocycles. The summed E-state index contributed by atoms with van der Waals surface area (Å²) in [6, 6.07) is 4.81. The highest BCUT2D eigenvalue weighted by atomic mass is 19.1. The third-order valence-electron chi connectivity index (χ3n) is 5.30. The number of hydrogen-bond acceptors (Lipinski definition) is 5. The van der Waals surface area contributed by atoms with Crippen LogP contribution in [0, 0.1) is 5.82 Å². The first-order valence-corrected chi connectivity index (χ1v) is 12.1. The van der Waals surface area contributed by atoms with E-state index in [1.807, 2.05) is 13.8 Å². The van der Waals surface area contributed by atoms with Crippen molar-refractivity contribution in [3.63, 3.8) is 0 Å². The van der Waals surface area contributed by atoms with Gasteiger partial charge in [-0.2, -0.15) is 0 Å². The van der Waals surface area contributed by atoms with Crippen molar-refractivity contribution >= 4 is 0 Å². The molecule has 1 atom stereocenters. The number of ether oxygens (including phenoxy) is 3. The van der Waals surface area contributed by atoms with Gasteiger partial charge in [-0.1, -0.05) is 45.4 Å². The van der Waals surface area contributed by atoms with Gasteiger partial charge in [0.05, 0.1) is 31.7 Å². The van der Waals surface area contributed by atoms with Crippen LogP contribution in [0.4, 0.5) is 4.39 Å². The summed E-state index contributed by atoms with van der Waals surface area (Å²) < 4.78 is 31.2. The van der Waals surface area contributed by atoms with E-state index in [-0.39, 0.29) is 11.9 Å². The minimum atomic E-state index is -0.414. The fourth-order valence-electron chi connectivity index (χ4n) is 3.47. The molecule has 0 N–H and O–H groups in total. The van der Waals surface area contributed by atoms with Gasteiger partial charge >= 0.3 is 0 Å². The van der Waals surface area contributed by atoms with E-state index in [2.05, 4.69) is 16.9 Å². The molecule has 0 saturated heterocycles. The first-order chi connectivity index (χ1) is 15.6. The van der Waals surface area contributed by atoms with Crippen molar-refractivity contribution in [2.45, 2.75) is 84.7 Å². The van der Waals surface area contributed by atoms with E-state index in [0.29, 0.717) is 37.0 Å². The van der Waals surface area contributed by atoms with Crippen molar-refractivity contribution in [1.82, 2.24) is 9.97 Å². The number of aromatic nitrogens is 2. The standard InChI is InChI=1S/C26H39FN2O3/c1-4-6-7-8-9-10-11-16-31-23-19-28-26(29-20-23)22-14-15-25(24(27)18-22)32-17-12-13-21(3)30-5-2/h14-15,18-21H,4-13,16-17H2,1-3H3. The Bertz CT molecular complexity index is 755. The lowest BCUT2D eigenvalue weighted by molar-refractivity contribution is 0.0656. The van der Waals surface area contributed by atoms with Gasteiger partial charge in [0, 0.05) is 12.2 Å². The van der Waals surface area contributed by atoms with Crippen LogP contribution in [0.25, 0.3) is 11.4 Å². The van der Waals surface area contributed by atoms with E-state index in [1.54, 1.807) is 24.5 Å². The van der Waals surface area contributed by atoms with E-state index in [0.717, 1.165) is 19.3 Å². The summed E-state index contributed by atoms with van der Waals surface area (Å²) in [7, 11) is 0. The zero-order chi connectivity index (χ0) is 23.0. The maximum Gasteiger partial charge on any atom is 0.165 e. The van der Waals surface area contributed by atoms with E-state index >= 15 is 0 Å². The molecule has 0 fully saturated rings. The van der Waals surface area contributed by atoms with Crippen LogP contribution in [-0.2, 0) is 4.74 Å². The van der Waals surface area contributed by atoms with Gasteiger partial charge in [-0.05, 0) is 51.3 Å². The number of nitrogens with zero attached hydrogens (tertiary/aromatic N) is 2. The summed E-state index contributed by atoms with van der Waals surface area (Å²) in [4.78, 5) is 8.65. The van der Waals surface area contributed by atoms with Gasteiger partial charge in [0.25, 0.3) is 0 Å². The Labute approximate surface area is 192 Å². The summed E-state index contributed by atoms with van der Waals surface area (Å²) in [6.07, 6.45) is 13.9. The summed E-state index contributed by atoms with van der Waals surface area (Å²) in [5, 5.41) is 0. The zero-order valence-corrected chi connectivity index (χ0v) is 19.9. The molecule has 5 nitrogen and oxygen atoms in total.